The van der Waals surface area contributed by atoms with Gasteiger partial charge in [-0.1, -0.05) is 22.0 Å². The molecule has 1 amide bonds. The zero-order valence-electron chi connectivity index (χ0n) is 15.0. The molecule has 2 N–H and O–H groups in total. The summed E-state index contributed by atoms with van der Waals surface area (Å²) in [4.78, 5) is 16.1. The Labute approximate surface area is 212 Å². The molecule has 28 heavy (non-hydrogen) atoms. The molecule has 0 unspecified atom stereocenters. The Kier molecular flexibility index (Phi) is 8.28. The summed E-state index contributed by atoms with van der Waals surface area (Å²) in [6.45, 7) is -0.250. The van der Waals surface area contributed by atoms with Crippen molar-refractivity contribution in [2.24, 2.45) is 0 Å². The molecule has 1 aliphatic rings. The molecular weight excluding hydrogens is 481 g/mol. The number of ether oxygens (including phenoxy) is 2. The maximum atomic E-state index is 12.7. The number of nitrogens with one attached hydrogen (secondary N) is 1. The largest absolute Gasteiger partial charge is 1.00 e. The predicted octanol–water partition coefficient (Wildman–Crippen LogP) is -1.27. The first-order valence-corrected chi connectivity index (χ1v) is 9.93. The van der Waals surface area contributed by atoms with Gasteiger partial charge in [-0.3, -0.25) is 4.79 Å². The Balaban J connectivity index is 0.00000280. The molecule has 1 aromatic heterocycles. The number of rotatable bonds is 5. The first-order valence-electron chi connectivity index (χ1n) is 7.70. The van der Waals surface area contributed by atoms with Gasteiger partial charge in [0.25, 0.3) is 5.91 Å². The smallest absolute Gasteiger partial charge is 0.571 e. The van der Waals surface area contributed by atoms with Gasteiger partial charge in [-0.25, -0.2) is 13.4 Å². The maximum absolute atomic E-state index is 12.7. The van der Waals surface area contributed by atoms with Crippen LogP contribution in [0.25, 0.3) is 4.72 Å². The van der Waals surface area contributed by atoms with E-state index in [2.05, 4.69) is 31.0 Å². The molecule has 0 aliphatic carbocycles. The molecule has 0 bridgehead atoms. The van der Waals surface area contributed by atoms with Crippen molar-refractivity contribution in [2.75, 3.05) is 20.3 Å². The van der Waals surface area contributed by atoms with Crippen LogP contribution < -0.4 is 66.2 Å². The summed E-state index contributed by atoms with van der Waals surface area (Å²) >= 11 is 3.22. The van der Waals surface area contributed by atoms with Crippen LogP contribution in [-0.2, 0) is 10.0 Å². The van der Waals surface area contributed by atoms with Gasteiger partial charge in [-0.15, -0.1) is 5.69 Å². The summed E-state index contributed by atoms with van der Waals surface area (Å²) in [5.41, 5.74) is -0.0133. The molecule has 2 aromatic rings. The number of fused-ring (bicyclic) bond motifs is 1. The van der Waals surface area contributed by atoms with Crippen molar-refractivity contribution in [1.29, 1.82) is 0 Å². The van der Waals surface area contributed by atoms with Crippen molar-refractivity contribution in [1.82, 2.24) is 10.3 Å². The molecule has 3 rings (SSSR count). The monoisotopic (exact) mass is 495 g/mol. The SMILES string of the molecule is COc1ccc(Br)cc1S(=O)(=O)[N-]c1cnc2c(c1)C(=O)N[C@@H](CO)CO2.[K+]. The minimum Gasteiger partial charge on any atom is -0.571 e. The fourth-order valence-electron chi connectivity index (χ4n) is 2.39. The first kappa shape index (κ1) is 23.5. The van der Waals surface area contributed by atoms with Gasteiger partial charge in [0, 0.05) is 10.7 Å². The minimum atomic E-state index is -4.13. The first-order chi connectivity index (χ1) is 12.8. The van der Waals surface area contributed by atoms with Crippen molar-refractivity contribution in [3.05, 3.63) is 45.2 Å². The fourth-order valence-corrected chi connectivity index (χ4v) is 4.06. The Morgan fingerprint density at radius 3 is 2.86 bits per heavy atom. The van der Waals surface area contributed by atoms with E-state index in [0.29, 0.717) is 4.47 Å². The Hall–Kier alpha value is -0.734. The molecule has 0 saturated heterocycles. The molecule has 2 heterocycles. The average molecular weight is 496 g/mol. The molecule has 1 aliphatic heterocycles. The third-order valence-electron chi connectivity index (χ3n) is 3.69. The van der Waals surface area contributed by atoms with Crippen LogP contribution in [0, 0.1) is 0 Å². The Bertz CT molecular complexity index is 988. The number of hydrogen-bond acceptors (Lipinski definition) is 7. The van der Waals surface area contributed by atoms with E-state index in [4.69, 9.17) is 9.47 Å². The summed E-state index contributed by atoms with van der Waals surface area (Å²) in [5, 5.41) is 11.8. The zero-order chi connectivity index (χ0) is 19.6. The average Bonchev–Trinajstić information content (AvgIpc) is 2.80. The van der Waals surface area contributed by atoms with Crippen LogP contribution in [0.4, 0.5) is 5.69 Å². The van der Waals surface area contributed by atoms with Crippen LogP contribution in [0.3, 0.4) is 0 Å². The molecule has 1 atom stereocenters. The van der Waals surface area contributed by atoms with Crippen LogP contribution in [-0.4, -0.2) is 50.8 Å². The molecule has 12 heteroatoms. The predicted molar refractivity (Wildman–Crippen MR) is 99.0 cm³/mol. The molecule has 0 saturated carbocycles. The number of hydrogen-bond donors (Lipinski definition) is 2. The summed E-state index contributed by atoms with van der Waals surface area (Å²) in [6.07, 6.45) is 1.19. The van der Waals surface area contributed by atoms with Crippen molar-refractivity contribution < 1.29 is 79.2 Å². The number of halogens is 1. The molecule has 9 nitrogen and oxygen atoms in total. The molecule has 0 fully saturated rings. The summed E-state index contributed by atoms with van der Waals surface area (Å²) in [5.74, 6) is -0.361. The number of pyridine rings is 1. The standard InChI is InChI=1S/C16H15BrN3O6S.K/c1-25-13-3-2-9(17)4-14(13)27(23,24)20-10-5-12-15(22)19-11(7-21)8-26-16(12)18-6-10;/h2-6,11,21H,7-8H2,1H3,(H,19,22);/q-1;+1/t11-;/m0./s1. The maximum Gasteiger partial charge on any atom is 1.00 e. The van der Waals surface area contributed by atoms with E-state index in [1.54, 1.807) is 6.07 Å². The van der Waals surface area contributed by atoms with Gasteiger partial charge in [0.05, 0.1) is 24.7 Å². The van der Waals surface area contributed by atoms with Crippen molar-refractivity contribution in [2.45, 2.75) is 10.9 Å². The van der Waals surface area contributed by atoms with Crippen LogP contribution in [0.2, 0.25) is 0 Å². The van der Waals surface area contributed by atoms with Gasteiger partial charge in [0.15, 0.2) is 0 Å². The summed E-state index contributed by atoms with van der Waals surface area (Å²) in [6, 6.07) is 5.19. The second-order valence-corrected chi connectivity index (χ2v) is 8.06. The number of sulfonamides is 1. The third kappa shape index (κ3) is 5.24. The number of aliphatic hydroxyl groups is 1. The number of aromatic nitrogens is 1. The van der Waals surface area contributed by atoms with E-state index in [-0.39, 0.29) is 92.4 Å². The third-order valence-corrected chi connectivity index (χ3v) is 5.51. The molecular formula is C16H15BrKN3O6S. The van der Waals surface area contributed by atoms with Gasteiger partial charge >= 0.3 is 51.4 Å². The summed E-state index contributed by atoms with van der Waals surface area (Å²) in [7, 11) is -2.78. The quantitative estimate of drug-likeness (QED) is 0.495. The van der Waals surface area contributed by atoms with E-state index in [1.807, 2.05) is 0 Å². The van der Waals surface area contributed by atoms with Crippen molar-refractivity contribution in [3.63, 3.8) is 0 Å². The Morgan fingerprint density at radius 2 is 2.18 bits per heavy atom. The number of carbonyl (C=O) groups excluding carboxylic acids is 1. The van der Waals surface area contributed by atoms with Gasteiger partial charge in [0.1, 0.15) is 27.9 Å². The number of nitrogens with zero attached hydrogens (tertiary/aromatic N) is 2. The van der Waals surface area contributed by atoms with Crippen LogP contribution >= 0.6 is 15.9 Å². The minimum absolute atomic E-state index is 0. The molecule has 0 radical (unpaired) electrons. The van der Waals surface area contributed by atoms with E-state index in [1.165, 1.54) is 31.5 Å². The number of amides is 1. The van der Waals surface area contributed by atoms with Gasteiger partial charge in [-0.2, -0.15) is 0 Å². The summed E-state index contributed by atoms with van der Waals surface area (Å²) < 4.78 is 40.1. The van der Waals surface area contributed by atoms with Crippen molar-refractivity contribution >= 4 is 37.5 Å². The zero-order valence-corrected chi connectivity index (χ0v) is 20.6. The normalized spacial score (nSPS) is 16.0. The number of aliphatic hydroxyl groups excluding tert-OH is 1. The molecule has 1 aromatic carbocycles. The van der Waals surface area contributed by atoms with Gasteiger partial charge in [0.2, 0.25) is 5.88 Å². The number of benzene rings is 1. The number of methoxy groups -OCH3 is 1. The second-order valence-electron chi connectivity index (χ2n) is 5.57. The Morgan fingerprint density at radius 1 is 1.43 bits per heavy atom. The van der Waals surface area contributed by atoms with Crippen LogP contribution in [0.15, 0.2) is 39.8 Å². The number of carbonyl (C=O) groups is 1. The topological polar surface area (TPSA) is 129 Å². The molecule has 0 spiro atoms. The van der Waals surface area contributed by atoms with Crippen molar-refractivity contribution in [3.8, 4) is 11.6 Å². The second kappa shape index (κ2) is 9.85. The van der Waals surface area contributed by atoms with Crippen LogP contribution in [0.5, 0.6) is 11.6 Å². The van der Waals surface area contributed by atoms with E-state index in [0.717, 1.165) is 0 Å². The van der Waals surface area contributed by atoms with E-state index >= 15 is 0 Å². The van der Waals surface area contributed by atoms with E-state index < -0.39 is 22.0 Å². The van der Waals surface area contributed by atoms with Crippen LogP contribution in [0.1, 0.15) is 10.4 Å². The molecule has 144 valence electrons. The fraction of sp³-hybridized carbons (Fsp3) is 0.250. The van der Waals surface area contributed by atoms with E-state index in [9.17, 15) is 18.3 Å². The van der Waals surface area contributed by atoms with Gasteiger partial charge in [-0.05, 0) is 18.2 Å². The van der Waals surface area contributed by atoms with Gasteiger partial charge < -0.3 is 24.6 Å².